The molecule has 1 atom stereocenters. The number of rotatable bonds is 8. The summed E-state index contributed by atoms with van der Waals surface area (Å²) in [6, 6.07) is 0. The zero-order chi connectivity index (χ0) is 13.6. The molecule has 7 heteroatoms. The van der Waals surface area contributed by atoms with E-state index in [4.69, 9.17) is 4.42 Å². The van der Waals surface area contributed by atoms with Gasteiger partial charge in [-0.15, -0.1) is 10.2 Å². The average Bonchev–Trinajstić information content (AvgIpc) is 2.72. The van der Waals surface area contributed by atoms with Crippen molar-refractivity contribution in [3.8, 4) is 0 Å². The number of hydrogen-bond donors (Lipinski definition) is 2. The van der Waals surface area contributed by atoms with Crippen LogP contribution in [0, 0.1) is 6.92 Å². The molecule has 0 aromatic carbocycles. The van der Waals surface area contributed by atoms with E-state index in [1.54, 1.807) is 13.8 Å². The summed E-state index contributed by atoms with van der Waals surface area (Å²) in [5.74, 6) is 0.294. The summed E-state index contributed by atoms with van der Waals surface area (Å²) in [6.07, 6.45) is 1.40. The number of aromatic nitrogens is 2. The lowest BCUT2D eigenvalue weighted by molar-refractivity contribution is -0.144. The van der Waals surface area contributed by atoms with Gasteiger partial charge in [-0.1, -0.05) is 18.7 Å². The van der Waals surface area contributed by atoms with E-state index in [9.17, 15) is 9.90 Å². The van der Waals surface area contributed by atoms with E-state index in [0.717, 1.165) is 6.42 Å². The monoisotopic (exact) mass is 273 g/mol. The zero-order valence-electron chi connectivity index (χ0n) is 10.9. The Morgan fingerprint density at radius 3 is 2.78 bits per heavy atom. The van der Waals surface area contributed by atoms with E-state index in [1.165, 1.54) is 11.8 Å². The van der Waals surface area contributed by atoms with Crippen molar-refractivity contribution in [2.24, 2.45) is 0 Å². The highest BCUT2D eigenvalue weighted by Crippen LogP contribution is 2.21. The van der Waals surface area contributed by atoms with Gasteiger partial charge >= 0.3 is 5.97 Å². The molecule has 1 rings (SSSR count). The Kier molecular flexibility index (Phi) is 5.61. The van der Waals surface area contributed by atoms with E-state index in [1.807, 2.05) is 6.92 Å². The van der Waals surface area contributed by atoms with E-state index in [-0.39, 0.29) is 0 Å². The Balaban J connectivity index is 2.44. The van der Waals surface area contributed by atoms with Gasteiger partial charge in [-0.2, -0.15) is 0 Å². The van der Waals surface area contributed by atoms with Crippen molar-refractivity contribution in [1.82, 2.24) is 15.5 Å². The highest BCUT2D eigenvalue weighted by molar-refractivity contribution is 7.99. The second-order valence-electron chi connectivity index (χ2n) is 4.25. The molecule has 1 heterocycles. The Morgan fingerprint density at radius 1 is 1.56 bits per heavy atom. The summed E-state index contributed by atoms with van der Waals surface area (Å²) in [6.45, 7) is 6.12. The molecule has 1 aromatic heterocycles. The van der Waals surface area contributed by atoms with Crippen LogP contribution in [0.5, 0.6) is 0 Å². The lowest BCUT2D eigenvalue weighted by atomic mass is 9.99. The maximum absolute atomic E-state index is 11.3. The third-order valence-electron chi connectivity index (χ3n) is 2.57. The molecule has 1 aromatic rings. The normalized spacial score (nSPS) is 14.4. The van der Waals surface area contributed by atoms with Crippen LogP contribution in [0.15, 0.2) is 9.64 Å². The van der Waals surface area contributed by atoms with Gasteiger partial charge in [0.2, 0.25) is 5.89 Å². The maximum Gasteiger partial charge on any atom is 0.323 e. The minimum atomic E-state index is -0.905. The number of aryl methyl sites for hydroxylation is 1. The minimum Gasteiger partial charge on any atom is -0.480 e. The summed E-state index contributed by atoms with van der Waals surface area (Å²) in [5, 5.41) is 20.3. The van der Waals surface area contributed by atoms with Crippen molar-refractivity contribution < 1.29 is 14.3 Å². The molecule has 0 spiro atoms. The number of nitrogens with one attached hydrogen (secondary N) is 1. The van der Waals surface area contributed by atoms with Gasteiger partial charge in [-0.3, -0.25) is 4.79 Å². The van der Waals surface area contributed by atoms with Crippen molar-refractivity contribution in [3.05, 3.63) is 5.89 Å². The van der Waals surface area contributed by atoms with Crippen LogP contribution in [0.25, 0.3) is 0 Å². The first-order valence-electron chi connectivity index (χ1n) is 5.89. The fourth-order valence-corrected chi connectivity index (χ4v) is 2.31. The van der Waals surface area contributed by atoms with Crippen LogP contribution in [0.1, 0.15) is 32.6 Å². The molecule has 102 valence electrons. The van der Waals surface area contributed by atoms with Crippen LogP contribution < -0.4 is 5.32 Å². The predicted molar refractivity (Wildman–Crippen MR) is 68.7 cm³/mol. The smallest absolute Gasteiger partial charge is 0.323 e. The third-order valence-corrected chi connectivity index (χ3v) is 3.39. The lowest BCUT2D eigenvalue weighted by Crippen LogP contribution is -2.50. The largest absolute Gasteiger partial charge is 0.480 e. The highest BCUT2D eigenvalue weighted by atomic mass is 32.2. The molecule has 0 amide bonds. The summed E-state index contributed by atoms with van der Waals surface area (Å²) in [7, 11) is 0. The number of nitrogens with zero attached hydrogens (tertiary/aromatic N) is 2. The summed E-state index contributed by atoms with van der Waals surface area (Å²) in [5.41, 5.74) is -0.905. The van der Waals surface area contributed by atoms with Crippen LogP contribution in [-0.2, 0) is 4.79 Å². The Hall–Kier alpha value is -1.08. The van der Waals surface area contributed by atoms with Crippen LogP contribution >= 0.6 is 11.8 Å². The van der Waals surface area contributed by atoms with E-state index in [2.05, 4.69) is 15.5 Å². The quantitative estimate of drug-likeness (QED) is 0.697. The number of carbonyl (C=O) groups is 1. The van der Waals surface area contributed by atoms with Crippen LogP contribution in [0.4, 0.5) is 0 Å². The van der Waals surface area contributed by atoms with Gasteiger partial charge in [0.1, 0.15) is 5.54 Å². The fraction of sp³-hybridized carbons (Fsp3) is 0.727. The van der Waals surface area contributed by atoms with Gasteiger partial charge in [0.15, 0.2) is 0 Å². The Morgan fingerprint density at radius 2 is 2.28 bits per heavy atom. The molecular weight excluding hydrogens is 254 g/mol. The van der Waals surface area contributed by atoms with Gasteiger partial charge in [0, 0.05) is 12.7 Å². The van der Waals surface area contributed by atoms with Crippen molar-refractivity contribution in [2.45, 2.75) is 44.4 Å². The van der Waals surface area contributed by atoms with Gasteiger partial charge in [0.05, 0.1) is 0 Å². The highest BCUT2D eigenvalue weighted by Gasteiger charge is 2.31. The van der Waals surface area contributed by atoms with Crippen molar-refractivity contribution in [2.75, 3.05) is 12.3 Å². The minimum absolute atomic E-state index is 0.482. The van der Waals surface area contributed by atoms with Crippen LogP contribution in [0.2, 0.25) is 0 Å². The molecule has 18 heavy (non-hydrogen) atoms. The summed E-state index contributed by atoms with van der Waals surface area (Å²) in [4.78, 5) is 11.3. The maximum atomic E-state index is 11.3. The van der Waals surface area contributed by atoms with Crippen LogP contribution in [-0.4, -0.2) is 39.1 Å². The van der Waals surface area contributed by atoms with E-state index >= 15 is 0 Å². The zero-order valence-corrected chi connectivity index (χ0v) is 11.7. The van der Waals surface area contributed by atoms with Gasteiger partial charge in [-0.05, 0) is 26.3 Å². The molecule has 0 aliphatic heterocycles. The third kappa shape index (κ3) is 4.30. The van der Waals surface area contributed by atoms with Gasteiger partial charge in [0.25, 0.3) is 5.22 Å². The van der Waals surface area contributed by atoms with Crippen molar-refractivity contribution in [3.63, 3.8) is 0 Å². The number of aliphatic carboxylic acids is 1. The first-order valence-corrected chi connectivity index (χ1v) is 6.88. The Bertz CT molecular complexity index is 397. The SMILES string of the molecule is CCCNC(C)(CCSc1nnc(C)o1)C(=O)O. The molecule has 0 bridgehead atoms. The van der Waals surface area contributed by atoms with E-state index < -0.39 is 11.5 Å². The number of hydrogen-bond acceptors (Lipinski definition) is 6. The van der Waals surface area contributed by atoms with Gasteiger partial charge < -0.3 is 14.8 Å². The molecule has 2 N–H and O–H groups in total. The summed E-state index contributed by atoms with van der Waals surface area (Å²) >= 11 is 1.38. The van der Waals surface area contributed by atoms with Crippen LogP contribution in [0.3, 0.4) is 0 Å². The average molecular weight is 273 g/mol. The second-order valence-corrected chi connectivity index (χ2v) is 5.30. The number of carboxylic acids is 1. The molecule has 6 nitrogen and oxygen atoms in total. The lowest BCUT2D eigenvalue weighted by Gasteiger charge is -2.25. The predicted octanol–water partition coefficient (Wildman–Crippen LogP) is 1.70. The first kappa shape index (κ1) is 15.0. The molecule has 0 saturated carbocycles. The molecule has 1 unspecified atom stereocenters. The molecule has 0 radical (unpaired) electrons. The summed E-state index contributed by atoms with van der Waals surface area (Å²) < 4.78 is 5.21. The molecule has 0 aliphatic rings. The first-order chi connectivity index (χ1) is 8.48. The van der Waals surface area contributed by atoms with E-state index in [0.29, 0.717) is 29.8 Å². The van der Waals surface area contributed by atoms with Gasteiger partial charge in [-0.25, -0.2) is 0 Å². The Labute approximate surface area is 111 Å². The van der Waals surface area contributed by atoms with Crippen molar-refractivity contribution >= 4 is 17.7 Å². The number of carboxylic acid groups (broad SMARTS) is 1. The fourth-order valence-electron chi connectivity index (χ4n) is 1.35. The molecule has 0 fully saturated rings. The molecule has 0 saturated heterocycles. The molecule has 0 aliphatic carbocycles. The second kappa shape index (κ2) is 6.75. The standard InChI is InChI=1S/C11H19N3O3S/c1-4-6-12-11(3,9(15)16)5-7-18-10-14-13-8(2)17-10/h12H,4-7H2,1-3H3,(H,15,16). The number of thioether (sulfide) groups is 1. The topological polar surface area (TPSA) is 88.3 Å². The molecular formula is C11H19N3O3S. The van der Waals surface area contributed by atoms with Crippen molar-refractivity contribution in [1.29, 1.82) is 0 Å².